The number of hydrogen-bond donors (Lipinski definition) is 1. The summed E-state index contributed by atoms with van der Waals surface area (Å²) in [5.74, 6) is 0.487. The molecule has 0 aliphatic rings. The molecule has 1 aromatic heterocycles. The van der Waals surface area contributed by atoms with Gasteiger partial charge in [0.1, 0.15) is 12.3 Å². The quantitative estimate of drug-likeness (QED) is 0.255. The van der Waals surface area contributed by atoms with Gasteiger partial charge in [-0.25, -0.2) is 4.98 Å². The molecule has 0 atom stereocenters. The molecule has 7 nitrogen and oxygen atoms in total. The number of benzene rings is 3. The van der Waals surface area contributed by atoms with Crippen molar-refractivity contribution in [2.24, 2.45) is 5.92 Å². The zero-order chi connectivity index (χ0) is 27.2. The Kier molecular flexibility index (Phi) is 8.71. The van der Waals surface area contributed by atoms with Gasteiger partial charge < -0.3 is 9.64 Å². The highest BCUT2D eigenvalue weighted by Crippen LogP contribution is 2.27. The Morgan fingerprint density at radius 3 is 2.32 bits per heavy atom. The first kappa shape index (κ1) is 27.2. The van der Waals surface area contributed by atoms with E-state index >= 15 is 0 Å². The SMILES string of the molecule is COc1ccc(-n2cc(-c3ccc(Cl)cc3)nc2NC(=O)CN(CC(C)C)C(=O)c2ccccc2Cl)cc1. The van der Waals surface area contributed by atoms with E-state index in [1.807, 2.05) is 56.4 Å². The van der Waals surface area contributed by atoms with Gasteiger partial charge in [0.05, 0.1) is 23.4 Å². The van der Waals surface area contributed by atoms with Crippen molar-refractivity contribution in [2.45, 2.75) is 13.8 Å². The molecular formula is C29H28Cl2N4O3. The number of rotatable bonds is 9. The normalized spacial score (nSPS) is 10.9. The molecule has 2 amide bonds. The number of carbonyl (C=O) groups is 2. The maximum Gasteiger partial charge on any atom is 0.255 e. The summed E-state index contributed by atoms with van der Waals surface area (Å²) < 4.78 is 7.06. The molecule has 4 rings (SSSR count). The Labute approximate surface area is 232 Å². The molecule has 0 aliphatic carbocycles. The number of amides is 2. The molecule has 0 saturated heterocycles. The van der Waals surface area contributed by atoms with Crippen molar-refractivity contribution < 1.29 is 14.3 Å². The fourth-order valence-electron chi connectivity index (χ4n) is 3.97. The predicted molar refractivity (Wildman–Crippen MR) is 151 cm³/mol. The van der Waals surface area contributed by atoms with Gasteiger partial charge in [-0.05, 0) is 54.4 Å². The van der Waals surface area contributed by atoms with Crippen LogP contribution >= 0.6 is 23.2 Å². The largest absolute Gasteiger partial charge is 0.497 e. The highest BCUT2D eigenvalue weighted by Gasteiger charge is 2.23. The predicted octanol–water partition coefficient (Wildman–Crippen LogP) is 6.59. The van der Waals surface area contributed by atoms with Crippen LogP contribution in [0, 0.1) is 5.92 Å². The van der Waals surface area contributed by atoms with E-state index in [9.17, 15) is 9.59 Å². The summed E-state index contributed by atoms with van der Waals surface area (Å²) in [6.45, 7) is 4.20. The van der Waals surface area contributed by atoms with Crippen molar-refractivity contribution in [3.63, 3.8) is 0 Å². The number of anilines is 1. The van der Waals surface area contributed by atoms with Crippen molar-refractivity contribution in [2.75, 3.05) is 25.5 Å². The minimum absolute atomic E-state index is 0.145. The summed E-state index contributed by atoms with van der Waals surface area (Å²) in [6, 6.07) is 21.5. The molecule has 3 aromatic carbocycles. The molecule has 1 heterocycles. The monoisotopic (exact) mass is 550 g/mol. The first-order valence-electron chi connectivity index (χ1n) is 12.1. The molecule has 0 spiro atoms. The maximum atomic E-state index is 13.3. The minimum atomic E-state index is -0.380. The van der Waals surface area contributed by atoms with Crippen molar-refractivity contribution in [3.8, 4) is 22.7 Å². The van der Waals surface area contributed by atoms with Gasteiger partial charge in [-0.15, -0.1) is 0 Å². The van der Waals surface area contributed by atoms with Crippen LogP contribution in [0.15, 0.2) is 79.0 Å². The number of carbonyl (C=O) groups excluding carboxylic acids is 2. The molecule has 0 saturated carbocycles. The smallest absolute Gasteiger partial charge is 0.255 e. The van der Waals surface area contributed by atoms with Gasteiger partial charge >= 0.3 is 0 Å². The standard InChI is InChI=1S/C29H28Cl2N4O3/c1-19(2)16-34(28(37)24-6-4-5-7-25(24)31)18-27(36)33-29-32-26(20-8-10-21(30)11-9-20)17-35(29)22-12-14-23(38-3)15-13-22/h4-15,17,19H,16,18H2,1-3H3,(H,32,33,36). The van der Waals surface area contributed by atoms with E-state index in [-0.39, 0.29) is 24.3 Å². The Balaban J connectivity index is 1.63. The highest BCUT2D eigenvalue weighted by atomic mass is 35.5. The van der Waals surface area contributed by atoms with Crippen LogP contribution in [0.4, 0.5) is 5.95 Å². The third-order valence-electron chi connectivity index (χ3n) is 5.76. The van der Waals surface area contributed by atoms with Gasteiger partial charge in [0.15, 0.2) is 0 Å². The van der Waals surface area contributed by atoms with Crippen LogP contribution in [-0.2, 0) is 4.79 Å². The van der Waals surface area contributed by atoms with E-state index < -0.39 is 0 Å². The van der Waals surface area contributed by atoms with Gasteiger partial charge in [-0.2, -0.15) is 0 Å². The summed E-state index contributed by atoms with van der Waals surface area (Å²) in [4.78, 5) is 32.7. The van der Waals surface area contributed by atoms with Crippen molar-refractivity contribution in [3.05, 3.63) is 94.6 Å². The molecule has 0 aliphatic heterocycles. The number of halogens is 2. The highest BCUT2D eigenvalue weighted by molar-refractivity contribution is 6.33. The van der Waals surface area contributed by atoms with E-state index in [4.69, 9.17) is 27.9 Å². The molecule has 0 bridgehead atoms. The summed E-state index contributed by atoms with van der Waals surface area (Å²) in [5, 5.41) is 3.85. The van der Waals surface area contributed by atoms with Crippen molar-refractivity contribution in [1.29, 1.82) is 0 Å². The number of methoxy groups -OCH3 is 1. The summed E-state index contributed by atoms with van der Waals surface area (Å²) in [5.41, 5.74) is 2.62. The molecule has 38 heavy (non-hydrogen) atoms. The van der Waals surface area contributed by atoms with Gasteiger partial charge in [0, 0.05) is 29.0 Å². The molecule has 0 radical (unpaired) electrons. The van der Waals surface area contributed by atoms with Crippen LogP contribution in [0.1, 0.15) is 24.2 Å². The molecule has 0 unspecified atom stereocenters. The van der Waals surface area contributed by atoms with E-state index in [1.165, 1.54) is 4.90 Å². The number of nitrogens with zero attached hydrogens (tertiary/aromatic N) is 3. The van der Waals surface area contributed by atoms with E-state index in [1.54, 1.807) is 48.1 Å². The number of ether oxygens (including phenoxy) is 1. The molecular weight excluding hydrogens is 523 g/mol. The molecule has 1 N–H and O–H groups in total. The topological polar surface area (TPSA) is 76.5 Å². The van der Waals surface area contributed by atoms with Crippen molar-refractivity contribution in [1.82, 2.24) is 14.5 Å². The second kappa shape index (κ2) is 12.2. The lowest BCUT2D eigenvalue weighted by atomic mass is 10.1. The van der Waals surface area contributed by atoms with Crippen LogP contribution in [-0.4, -0.2) is 46.5 Å². The second-order valence-electron chi connectivity index (χ2n) is 9.13. The third kappa shape index (κ3) is 6.54. The van der Waals surface area contributed by atoms with Crippen LogP contribution in [0.5, 0.6) is 5.75 Å². The second-order valence-corrected chi connectivity index (χ2v) is 9.98. The van der Waals surface area contributed by atoms with E-state index in [0.717, 1.165) is 11.3 Å². The van der Waals surface area contributed by atoms with Crippen LogP contribution in [0.3, 0.4) is 0 Å². The van der Waals surface area contributed by atoms with Crippen molar-refractivity contribution >= 4 is 41.0 Å². The van der Waals surface area contributed by atoms with Gasteiger partial charge in [-0.1, -0.05) is 61.3 Å². The Bertz CT molecular complexity index is 1420. The zero-order valence-corrected chi connectivity index (χ0v) is 22.8. The summed E-state index contributed by atoms with van der Waals surface area (Å²) >= 11 is 12.3. The summed E-state index contributed by atoms with van der Waals surface area (Å²) in [6.07, 6.45) is 1.83. The molecule has 196 valence electrons. The fourth-order valence-corrected chi connectivity index (χ4v) is 4.31. The summed E-state index contributed by atoms with van der Waals surface area (Å²) in [7, 11) is 1.60. The van der Waals surface area contributed by atoms with Gasteiger partial charge in [0.2, 0.25) is 11.9 Å². The van der Waals surface area contributed by atoms with E-state index in [0.29, 0.717) is 39.5 Å². The average Bonchev–Trinajstić information content (AvgIpc) is 3.31. The van der Waals surface area contributed by atoms with Gasteiger partial charge in [-0.3, -0.25) is 19.5 Å². The average molecular weight is 551 g/mol. The third-order valence-corrected chi connectivity index (χ3v) is 6.34. The van der Waals surface area contributed by atoms with Crippen LogP contribution < -0.4 is 10.1 Å². The van der Waals surface area contributed by atoms with E-state index in [2.05, 4.69) is 10.3 Å². The lowest BCUT2D eigenvalue weighted by Crippen LogP contribution is -2.40. The molecule has 9 heteroatoms. The van der Waals surface area contributed by atoms with Crippen LogP contribution in [0.25, 0.3) is 16.9 Å². The first-order chi connectivity index (χ1) is 18.2. The first-order valence-corrected chi connectivity index (χ1v) is 12.8. The Hall–Kier alpha value is -3.81. The lowest BCUT2D eigenvalue weighted by molar-refractivity contribution is -0.117. The number of nitrogens with one attached hydrogen (secondary N) is 1. The fraction of sp³-hybridized carbons (Fsp3) is 0.207. The van der Waals surface area contributed by atoms with Crippen LogP contribution in [0.2, 0.25) is 10.0 Å². The van der Waals surface area contributed by atoms with Gasteiger partial charge in [0.25, 0.3) is 5.91 Å². The Morgan fingerprint density at radius 1 is 1.00 bits per heavy atom. The maximum absolute atomic E-state index is 13.3. The Morgan fingerprint density at radius 2 is 1.68 bits per heavy atom. The number of hydrogen-bond acceptors (Lipinski definition) is 4. The minimum Gasteiger partial charge on any atom is -0.497 e. The number of aromatic nitrogens is 2. The number of imidazole rings is 1. The molecule has 4 aromatic rings. The zero-order valence-electron chi connectivity index (χ0n) is 21.3. The molecule has 0 fully saturated rings. The lowest BCUT2D eigenvalue weighted by Gasteiger charge is -2.24.